The summed E-state index contributed by atoms with van der Waals surface area (Å²) in [6.07, 6.45) is 3.29. The molecule has 2 N–H and O–H groups in total. The number of carboxylic acids is 1. The van der Waals surface area contributed by atoms with E-state index in [9.17, 15) is 4.79 Å². The molecule has 2 rings (SSSR count). The van der Waals surface area contributed by atoms with E-state index in [-0.39, 0.29) is 6.04 Å². The second kappa shape index (κ2) is 2.46. The first-order valence-corrected chi connectivity index (χ1v) is 4.64. The molecule has 1 spiro atoms. The van der Waals surface area contributed by atoms with Crippen molar-refractivity contribution in [1.82, 2.24) is 5.32 Å². The maximum atomic E-state index is 10.6. The van der Waals surface area contributed by atoms with Gasteiger partial charge < -0.3 is 10.4 Å². The van der Waals surface area contributed by atoms with Gasteiger partial charge in [0.2, 0.25) is 0 Å². The van der Waals surface area contributed by atoms with Gasteiger partial charge in [-0.05, 0) is 24.2 Å². The van der Waals surface area contributed by atoms with Gasteiger partial charge in [-0.15, -0.1) is 0 Å². The van der Waals surface area contributed by atoms with Crippen molar-refractivity contribution < 1.29 is 9.90 Å². The van der Waals surface area contributed by atoms with E-state index in [1.165, 1.54) is 12.8 Å². The van der Waals surface area contributed by atoms with E-state index in [4.69, 9.17) is 5.11 Å². The first-order valence-electron chi connectivity index (χ1n) is 4.64. The topological polar surface area (TPSA) is 49.3 Å². The van der Waals surface area contributed by atoms with E-state index in [1.807, 2.05) is 0 Å². The summed E-state index contributed by atoms with van der Waals surface area (Å²) in [4.78, 5) is 10.6. The SMILES string of the molecule is CCC1C[C@@]12CN[C@H](C(=O)O)C2. The van der Waals surface area contributed by atoms with Crippen molar-refractivity contribution in [3.05, 3.63) is 0 Å². The second-order valence-corrected chi connectivity index (χ2v) is 4.15. The average Bonchev–Trinajstić information content (AvgIpc) is 2.50. The Bertz CT molecular complexity index is 217. The molecular weight excluding hydrogens is 154 g/mol. The van der Waals surface area contributed by atoms with Crippen molar-refractivity contribution in [2.24, 2.45) is 11.3 Å². The maximum absolute atomic E-state index is 10.6. The Morgan fingerprint density at radius 1 is 1.67 bits per heavy atom. The van der Waals surface area contributed by atoms with E-state index in [0.717, 1.165) is 18.9 Å². The zero-order valence-electron chi connectivity index (χ0n) is 7.34. The Morgan fingerprint density at radius 3 is 2.83 bits per heavy atom. The zero-order valence-corrected chi connectivity index (χ0v) is 7.34. The predicted molar refractivity (Wildman–Crippen MR) is 44.9 cm³/mol. The Labute approximate surface area is 72.2 Å². The monoisotopic (exact) mass is 169 g/mol. The minimum Gasteiger partial charge on any atom is -0.480 e. The van der Waals surface area contributed by atoms with Crippen molar-refractivity contribution in [2.75, 3.05) is 6.54 Å². The van der Waals surface area contributed by atoms with Crippen LogP contribution in [0.5, 0.6) is 0 Å². The van der Waals surface area contributed by atoms with Crippen LogP contribution in [0.4, 0.5) is 0 Å². The summed E-state index contributed by atoms with van der Waals surface area (Å²) in [5.74, 6) is 0.1000. The summed E-state index contributed by atoms with van der Waals surface area (Å²) in [6.45, 7) is 3.11. The largest absolute Gasteiger partial charge is 0.480 e. The van der Waals surface area contributed by atoms with Crippen LogP contribution in [0.25, 0.3) is 0 Å². The number of carbonyl (C=O) groups is 1. The first kappa shape index (κ1) is 8.05. The standard InChI is InChI=1S/C9H15NO2/c1-2-6-3-9(6)4-7(8(11)12)10-5-9/h6-7,10H,2-5H2,1H3,(H,11,12)/t6?,7-,9+/m0/s1. The molecule has 1 saturated heterocycles. The molecule has 68 valence electrons. The lowest BCUT2D eigenvalue weighted by molar-refractivity contribution is -0.139. The fraction of sp³-hybridized carbons (Fsp3) is 0.889. The highest BCUT2D eigenvalue weighted by Gasteiger charge is 2.57. The normalized spacial score (nSPS) is 45.1. The highest BCUT2D eigenvalue weighted by Crippen LogP contribution is 2.59. The fourth-order valence-corrected chi connectivity index (χ4v) is 2.53. The van der Waals surface area contributed by atoms with Gasteiger partial charge in [-0.1, -0.05) is 13.3 Å². The van der Waals surface area contributed by atoms with Crippen molar-refractivity contribution in [2.45, 2.75) is 32.2 Å². The van der Waals surface area contributed by atoms with Crippen molar-refractivity contribution in [3.8, 4) is 0 Å². The van der Waals surface area contributed by atoms with Crippen LogP contribution >= 0.6 is 0 Å². The molecule has 0 amide bonds. The van der Waals surface area contributed by atoms with E-state index >= 15 is 0 Å². The minimum absolute atomic E-state index is 0.276. The van der Waals surface area contributed by atoms with Crippen LogP contribution in [0.15, 0.2) is 0 Å². The number of carboxylic acid groups (broad SMARTS) is 1. The average molecular weight is 169 g/mol. The number of hydrogen-bond donors (Lipinski definition) is 2. The van der Waals surface area contributed by atoms with Crippen LogP contribution in [-0.2, 0) is 4.79 Å². The van der Waals surface area contributed by atoms with Crippen LogP contribution in [0.2, 0.25) is 0 Å². The first-order chi connectivity index (χ1) is 5.68. The van der Waals surface area contributed by atoms with Crippen LogP contribution in [0, 0.1) is 11.3 Å². The predicted octanol–water partition coefficient (Wildman–Crippen LogP) is 0.849. The highest BCUT2D eigenvalue weighted by atomic mass is 16.4. The molecule has 1 unspecified atom stereocenters. The molecule has 3 heteroatoms. The number of aliphatic carboxylic acids is 1. The molecule has 0 aromatic heterocycles. The van der Waals surface area contributed by atoms with E-state index in [2.05, 4.69) is 12.2 Å². The van der Waals surface area contributed by atoms with Gasteiger partial charge in [0.05, 0.1) is 0 Å². The maximum Gasteiger partial charge on any atom is 0.320 e. The summed E-state index contributed by atoms with van der Waals surface area (Å²) >= 11 is 0. The fourth-order valence-electron chi connectivity index (χ4n) is 2.53. The van der Waals surface area contributed by atoms with Gasteiger partial charge >= 0.3 is 5.97 Å². The summed E-state index contributed by atoms with van der Waals surface area (Å²) in [6, 6.07) is -0.276. The molecule has 0 radical (unpaired) electrons. The molecule has 1 heterocycles. The zero-order chi connectivity index (χ0) is 8.77. The molecule has 0 aromatic rings. The van der Waals surface area contributed by atoms with Crippen LogP contribution in [0.1, 0.15) is 26.2 Å². The lowest BCUT2D eigenvalue weighted by Crippen LogP contribution is -2.29. The smallest absolute Gasteiger partial charge is 0.320 e. The lowest BCUT2D eigenvalue weighted by Gasteiger charge is -2.04. The van der Waals surface area contributed by atoms with Gasteiger partial charge in [-0.3, -0.25) is 4.79 Å². The minimum atomic E-state index is -0.686. The summed E-state index contributed by atoms with van der Waals surface area (Å²) < 4.78 is 0. The van der Waals surface area contributed by atoms with E-state index < -0.39 is 5.97 Å². The molecule has 0 aromatic carbocycles. The molecule has 1 aliphatic heterocycles. The van der Waals surface area contributed by atoms with Gasteiger partial charge in [-0.2, -0.15) is 0 Å². The highest BCUT2D eigenvalue weighted by molar-refractivity contribution is 5.74. The Morgan fingerprint density at radius 2 is 2.42 bits per heavy atom. The van der Waals surface area contributed by atoms with Gasteiger partial charge in [0.15, 0.2) is 0 Å². The molecule has 0 bridgehead atoms. The van der Waals surface area contributed by atoms with Crippen molar-refractivity contribution in [3.63, 3.8) is 0 Å². The molecule has 2 fully saturated rings. The molecule has 2 aliphatic rings. The van der Waals surface area contributed by atoms with Gasteiger partial charge in [0, 0.05) is 6.54 Å². The van der Waals surface area contributed by atoms with Gasteiger partial charge in [0.1, 0.15) is 6.04 Å². The Hall–Kier alpha value is -0.570. The van der Waals surface area contributed by atoms with Crippen LogP contribution in [0.3, 0.4) is 0 Å². The summed E-state index contributed by atoms with van der Waals surface area (Å²) in [5, 5.41) is 11.8. The molecule has 1 aliphatic carbocycles. The Kier molecular flexibility index (Phi) is 1.65. The van der Waals surface area contributed by atoms with Crippen LogP contribution < -0.4 is 5.32 Å². The van der Waals surface area contributed by atoms with Gasteiger partial charge in [0.25, 0.3) is 0 Å². The third kappa shape index (κ3) is 1.04. The second-order valence-electron chi connectivity index (χ2n) is 4.15. The quantitative estimate of drug-likeness (QED) is 0.644. The molecule has 12 heavy (non-hydrogen) atoms. The van der Waals surface area contributed by atoms with Crippen molar-refractivity contribution in [1.29, 1.82) is 0 Å². The van der Waals surface area contributed by atoms with Gasteiger partial charge in [-0.25, -0.2) is 0 Å². The number of rotatable bonds is 2. The van der Waals surface area contributed by atoms with E-state index in [1.54, 1.807) is 0 Å². The third-order valence-corrected chi connectivity index (χ3v) is 3.46. The molecule has 3 nitrogen and oxygen atoms in total. The Balaban J connectivity index is 1.96. The molecular formula is C9H15NO2. The van der Waals surface area contributed by atoms with E-state index in [0.29, 0.717) is 5.41 Å². The van der Waals surface area contributed by atoms with Crippen LogP contribution in [-0.4, -0.2) is 23.7 Å². The lowest BCUT2D eigenvalue weighted by atomic mass is 9.99. The number of nitrogens with one attached hydrogen (secondary N) is 1. The van der Waals surface area contributed by atoms with Crippen molar-refractivity contribution >= 4 is 5.97 Å². The number of hydrogen-bond acceptors (Lipinski definition) is 2. The summed E-state index contributed by atoms with van der Waals surface area (Å²) in [7, 11) is 0. The third-order valence-electron chi connectivity index (χ3n) is 3.46. The summed E-state index contributed by atoms with van der Waals surface area (Å²) in [5.41, 5.74) is 0.373. The molecule has 1 saturated carbocycles. The molecule has 3 atom stereocenters.